The third-order valence-electron chi connectivity index (χ3n) is 8.24. The van der Waals surface area contributed by atoms with Gasteiger partial charge in [-0.3, -0.25) is 0 Å². The van der Waals surface area contributed by atoms with Gasteiger partial charge in [-0.15, -0.1) is 0 Å². The third kappa shape index (κ3) is 4.26. The molecule has 0 aliphatic carbocycles. The smallest absolute Gasteiger partial charge is 0.00264 e. The first-order valence-electron chi connectivity index (χ1n) is 14.1. The van der Waals surface area contributed by atoms with E-state index >= 15 is 0 Å². The van der Waals surface area contributed by atoms with Gasteiger partial charge in [0.1, 0.15) is 0 Å². The fourth-order valence-corrected chi connectivity index (χ4v) is 6.24. The largest absolute Gasteiger partial charge is 0.0984 e. The van der Waals surface area contributed by atoms with Gasteiger partial charge in [0, 0.05) is 0 Å². The van der Waals surface area contributed by atoms with E-state index in [0.717, 1.165) is 11.1 Å². The second-order valence-corrected chi connectivity index (χ2v) is 10.7. The van der Waals surface area contributed by atoms with Gasteiger partial charge in [0.15, 0.2) is 0 Å². The highest BCUT2D eigenvalue weighted by atomic mass is 14.2. The van der Waals surface area contributed by atoms with Crippen molar-refractivity contribution in [1.82, 2.24) is 0 Å². The van der Waals surface area contributed by atoms with E-state index in [4.69, 9.17) is 0 Å². The summed E-state index contributed by atoms with van der Waals surface area (Å²) in [5.74, 6) is 0. The number of rotatable bonds is 5. The second-order valence-electron chi connectivity index (χ2n) is 10.7. The standard InChI is InChI=1S/C41H30/c1-4-36-37(5-2)41(35-23-18-28-10-6-7-11-31(28)26-35)39-13-9-8-12-38(39)40(36)30-19-16-29(17-20-30)33-22-21-32-24-27(3)14-15-34(32)25-33/h4-26H,1-2H2,3H3. The lowest BCUT2D eigenvalue weighted by Crippen LogP contribution is -1.96. The van der Waals surface area contributed by atoms with Crippen LogP contribution < -0.4 is 0 Å². The average molecular weight is 523 g/mol. The number of fused-ring (bicyclic) bond motifs is 3. The van der Waals surface area contributed by atoms with Crippen LogP contribution in [0.5, 0.6) is 0 Å². The van der Waals surface area contributed by atoms with Crippen LogP contribution in [0.4, 0.5) is 0 Å². The van der Waals surface area contributed by atoms with E-state index in [1.165, 1.54) is 71.3 Å². The van der Waals surface area contributed by atoms with Crippen LogP contribution in [0.15, 0.2) is 141 Å². The monoisotopic (exact) mass is 522 g/mol. The van der Waals surface area contributed by atoms with E-state index in [2.05, 4.69) is 147 Å². The van der Waals surface area contributed by atoms with E-state index in [0.29, 0.717) is 0 Å². The molecule has 0 bridgehead atoms. The maximum absolute atomic E-state index is 4.27. The van der Waals surface area contributed by atoms with E-state index < -0.39 is 0 Å². The maximum Gasteiger partial charge on any atom is -0.00264 e. The molecule has 41 heavy (non-hydrogen) atoms. The van der Waals surface area contributed by atoms with Crippen molar-refractivity contribution < 1.29 is 0 Å². The molecule has 7 aromatic rings. The lowest BCUT2D eigenvalue weighted by Gasteiger charge is -2.20. The van der Waals surface area contributed by atoms with E-state index in [9.17, 15) is 0 Å². The van der Waals surface area contributed by atoms with Crippen molar-refractivity contribution in [2.24, 2.45) is 0 Å². The molecular formula is C41H30. The lowest BCUT2D eigenvalue weighted by atomic mass is 9.83. The fraction of sp³-hybridized carbons (Fsp3) is 0.0244. The van der Waals surface area contributed by atoms with E-state index in [-0.39, 0.29) is 0 Å². The Bertz CT molecular complexity index is 2120. The van der Waals surface area contributed by atoms with E-state index in [1.54, 1.807) is 0 Å². The molecule has 0 heterocycles. The first-order chi connectivity index (χ1) is 20.1. The molecule has 0 fully saturated rings. The highest BCUT2D eigenvalue weighted by Gasteiger charge is 2.19. The maximum atomic E-state index is 4.27. The van der Waals surface area contributed by atoms with Crippen molar-refractivity contribution >= 4 is 44.5 Å². The summed E-state index contributed by atoms with van der Waals surface area (Å²) in [5, 5.41) is 7.43. The van der Waals surface area contributed by atoms with Crippen molar-refractivity contribution in [2.45, 2.75) is 6.92 Å². The van der Waals surface area contributed by atoms with Gasteiger partial charge in [0.25, 0.3) is 0 Å². The molecule has 0 spiro atoms. The fourth-order valence-electron chi connectivity index (χ4n) is 6.24. The number of benzene rings is 7. The van der Waals surface area contributed by atoms with Crippen LogP contribution in [0.2, 0.25) is 0 Å². The summed E-state index contributed by atoms with van der Waals surface area (Å²) in [4.78, 5) is 0. The molecule has 7 aromatic carbocycles. The minimum absolute atomic E-state index is 1.11. The predicted octanol–water partition coefficient (Wildman–Crippen LogP) is 11.7. The highest BCUT2D eigenvalue weighted by molar-refractivity contribution is 6.12. The molecule has 0 heteroatoms. The summed E-state index contributed by atoms with van der Waals surface area (Å²) in [6, 6.07) is 46.2. The van der Waals surface area contributed by atoms with Crippen LogP contribution in [-0.2, 0) is 0 Å². The quantitative estimate of drug-likeness (QED) is 0.211. The Balaban J connectivity index is 1.41. The van der Waals surface area contributed by atoms with Gasteiger partial charge < -0.3 is 0 Å². The summed E-state index contributed by atoms with van der Waals surface area (Å²) < 4.78 is 0. The number of hydrogen-bond acceptors (Lipinski definition) is 0. The minimum atomic E-state index is 1.11. The first kappa shape index (κ1) is 24.8. The highest BCUT2D eigenvalue weighted by Crippen LogP contribution is 2.44. The zero-order valence-electron chi connectivity index (χ0n) is 23.2. The van der Waals surface area contributed by atoms with Crippen LogP contribution in [0.3, 0.4) is 0 Å². The first-order valence-corrected chi connectivity index (χ1v) is 14.1. The van der Waals surface area contributed by atoms with Gasteiger partial charge in [0.2, 0.25) is 0 Å². The van der Waals surface area contributed by atoms with Crippen molar-refractivity contribution in [3.63, 3.8) is 0 Å². The van der Waals surface area contributed by atoms with E-state index in [1.807, 2.05) is 12.2 Å². The number of aryl methyl sites for hydroxylation is 1. The van der Waals surface area contributed by atoms with Crippen molar-refractivity contribution in [2.75, 3.05) is 0 Å². The van der Waals surface area contributed by atoms with Crippen LogP contribution in [0.1, 0.15) is 16.7 Å². The molecule has 0 saturated carbocycles. The van der Waals surface area contributed by atoms with Gasteiger partial charge in [0.05, 0.1) is 0 Å². The van der Waals surface area contributed by atoms with Gasteiger partial charge in [-0.2, -0.15) is 0 Å². The van der Waals surface area contributed by atoms with Gasteiger partial charge in [-0.25, -0.2) is 0 Å². The Hall–Kier alpha value is -5.20. The Morgan fingerprint density at radius 2 is 0.878 bits per heavy atom. The Kier molecular flexibility index (Phi) is 6.10. The molecule has 0 atom stereocenters. The SMILES string of the molecule is C=Cc1c(C=C)c(-c2ccc3ccccc3c2)c2ccccc2c1-c1ccc(-c2ccc3cc(C)ccc3c2)cc1. The summed E-state index contributed by atoms with van der Waals surface area (Å²) in [5.41, 5.74) is 10.7. The number of hydrogen-bond donors (Lipinski definition) is 0. The van der Waals surface area contributed by atoms with Crippen LogP contribution in [-0.4, -0.2) is 0 Å². The molecule has 0 saturated heterocycles. The summed E-state index contributed by atoms with van der Waals surface area (Å²) in [7, 11) is 0. The summed E-state index contributed by atoms with van der Waals surface area (Å²) in [6.07, 6.45) is 3.98. The van der Waals surface area contributed by atoms with Crippen LogP contribution in [0.25, 0.3) is 77.9 Å². The molecule has 0 nitrogen and oxygen atoms in total. The second kappa shape index (κ2) is 10.1. The molecule has 0 aliphatic heterocycles. The predicted molar refractivity (Wildman–Crippen MR) is 180 cm³/mol. The zero-order valence-corrected chi connectivity index (χ0v) is 23.2. The summed E-state index contributed by atoms with van der Waals surface area (Å²) >= 11 is 0. The van der Waals surface area contributed by atoms with Crippen molar-refractivity contribution in [3.8, 4) is 33.4 Å². The Labute approximate surface area is 241 Å². The summed E-state index contributed by atoms with van der Waals surface area (Å²) in [6.45, 7) is 10.7. The molecular weight excluding hydrogens is 492 g/mol. The molecule has 0 aromatic heterocycles. The third-order valence-corrected chi connectivity index (χ3v) is 8.24. The molecule has 0 radical (unpaired) electrons. The van der Waals surface area contributed by atoms with Crippen LogP contribution >= 0.6 is 0 Å². The zero-order chi connectivity index (χ0) is 27.9. The van der Waals surface area contributed by atoms with Crippen LogP contribution in [0, 0.1) is 6.92 Å². The Morgan fingerprint density at radius 1 is 0.415 bits per heavy atom. The van der Waals surface area contributed by atoms with Gasteiger partial charge in [-0.05, 0) is 95.9 Å². The lowest BCUT2D eigenvalue weighted by molar-refractivity contribution is 1.50. The molecule has 0 amide bonds. The normalized spacial score (nSPS) is 11.2. The molecule has 7 rings (SSSR count). The average Bonchev–Trinajstić information content (AvgIpc) is 3.03. The molecule has 0 aliphatic rings. The Morgan fingerprint density at radius 3 is 1.59 bits per heavy atom. The van der Waals surface area contributed by atoms with Crippen molar-refractivity contribution in [3.05, 3.63) is 157 Å². The van der Waals surface area contributed by atoms with Gasteiger partial charge >= 0.3 is 0 Å². The molecule has 0 N–H and O–H groups in total. The van der Waals surface area contributed by atoms with Crippen molar-refractivity contribution in [1.29, 1.82) is 0 Å². The van der Waals surface area contributed by atoms with Gasteiger partial charge in [-0.1, -0.05) is 146 Å². The topological polar surface area (TPSA) is 0 Å². The molecule has 0 unspecified atom stereocenters. The minimum Gasteiger partial charge on any atom is -0.0984 e. The molecule has 194 valence electrons.